The summed E-state index contributed by atoms with van der Waals surface area (Å²) in [6, 6.07) is 20.5. The lowest BCUT2D eigenvalue weighted by atomic mass is 10.1. The molecule has 0 bridgehead atoms. The molecule has 0 spiro atoms. The fourth-order valence-corrected chi connectivity index (χ4v) is 4.60. The summed E-state index contributed by atoms with van der Waals surface area (Å²) < 4.78 is 33.6. The molecule has 0 aliphatic carbocycles. The maximum absolute atomic E-state index is 13.4. The minimum Gasteiger partial charge on any atom is -0.491 e. The molecule has 168 valence electrons. The lowest BCUT2D eigenvalue weighted by Crippen LogP contribution is -2.38. The number of carbonyl (C=O) groups is 1. The molecule has 0 unspecified atom stereocenters. The van der Waals surface area contributed by atoms with Gasteiger partial charge in [0.1, 0.15) is 12.3 Å². The van der Waals surface area contributed by atoms with E-state index in [1.807, 2.05) is 33.8 Å². The van der Waals surface area contributed by atoms with Gasteiger partial charge in [-0.05, 0) is 75.2 Å². The van der Waals surface area contributed by atoms with Crippen LogP contribution in [0.25, 0.3) is 0 Å². The first kappa shape index (κ1) is 23.3. The predicted octanol–water partition coefficient (Wildman–Crippen LogP) is 4.92. The SMILES string of the molecule is Cc1ccc(N(CC(=O)Nc2cccc(OC(C)C)c2)S(=O)(=O)c2ccccc2)cc1C. The van der Waals surface area contributed by atoms with Crippen LogP contribution in [-0.4, -0.2) is 27.0 Å². The average Bonchev–Trinajstić information content (AvgIpc) is 2.74. The number of nitrogens with zero attached hydrogens (tertiary/aromatic N) is 1. The largest absolute Gasteiger partial charge is 0.491 e. The second kappa shape index (κ2) is 9.87. The zero-order valence-electron chi connectivity index (χ0n) is 18.7. The number of carbonyl (C=O) groups excluding carboxylic acids is 1. The lowest BCUT2D eigenvalue weighted by Gasteiger charge is -2.25. The normalized spacial score (nSPS) is 11.3. The Morgan fingerprint density at radius 1 is 0.938 bits per heavy atom. The van der Waals surface area contributed by atoms with Gasteiger partial charge in [-0.15, -0.1) is 0 Å². The second-order valence-corrected chi connectivity index (χ2v) is 9.70. The highest BCUT2D eigenvalue weighted by atomic mass is 32.2. The highest BCUT2D eigenvalue weighted by Crippen LogP contribution is 2.26. The smallest absolute Gasteiger partial charge is 0.264 e. The van der Waals surface area contributed by atoms with Crippen molar-refractivity contribution in [3.05, 3.63) is 83.9 Å². The van der Waals surface area contributed by atoms with E-state index in [4.69, 9.17) is 4.74 Å². The molecule has 0 fully saturated rings. The van der Waals surface area contributed by atoms with Crippen molar-refractivity contribution in [2.75, 3.05) is 16.2 Å². The van der Waals surface area contributed by atoms with Gasteiger partial charge in [-0.25, -0.2) is 8.42 Å². The number of rotatable bonds is 8. The summed E-state index contributed by atoms with van der Waals surface area (Å²) in [4.78, 5) is 13.0. The van der Waals surface area contributed by atoms with Crippen LogP contribution in [0.1, 0.15) is 25.0 Å². The van der Waals surface area contributed by atoms with E-state index in [9.17, 15) is 13.2 Å². The van der Waals surface area contributed by atoms with Crippen LogP contribution < -0.4 is 14.4 Å². The zero-order valence-corrected chi connectivity index (χ0v) is 19.5. The van der Waals surface area contributed by atoms with E-state index in [-0.39, 0.29) is 17.5 Å². The Morgan fingerprint density at radius 2 is 1.66 bits per heavy atom. The summed E-state index contributed by atoms with van der Waals surface area (Å²) in [7, 11) is -3.95. The van der Waals surface area contributed by atoms with E-state index in [1.54, 1.807) is 54.6 Å². The fraction of sp³-hybridized carbons (Fsp3) is 0.240. The van der Waals surface area contributed by atoms with E-state index >= 15 is 0 Å². The monoisotopic (exact) mass is 452 g/mol. The van der Waals surface area contributed by atoms with Gasteiger partial charge in [-0.2, -0.15) is 0 Å². The summed E-state index contributed by atoms with van der Waals surface area (Å²) in [6.45, 7) is 7.33. The van der Waals surface area contributed by atoms with E-state index < -0.39 is 15.9 Å². The summed E-state index contributed by atoms with van der Waals surface area (Å²) in [6.07, 6.45) is -0.00256. The Morgan fingerprint density at radius 3 is 2.31 bits per heavy atom. The van der Waals surface area contributed by atoms with Gasteiger partial charge >= 0.3 is 0 Å². The zero-order chi connectivity index (χ0) is 23.3. The number of sulfonamides is 1. The van der Waals surface area contributed by atoms with Gasteiger partial charge in [0.15, 0.2) is 0 Å². The molecule has 3 rings (SSSR count). The van der Waals surface area contributed by atoms with Gasteiger partial charge in [0.2, 0.25) is 5.91 Å². The van der Waals surface area contributed by atoms with E-state index in [1.165, 1.54) is 12.1 Å². The van der Waals surface area contributed by atoms with Crippen molar-refractivity contribution in [2.24, 2.45) is 0 Å². The molecule has 0 aliphatic heterocycles. The standard InChI is InChI=1S/C25H28N2O4S/c1-18(2)31-23-10-8-9-21(16-23)26-25(28)17-27(22-14-13-19(3)20(4)15-22)32(29,30)24-11-6-5-7-12-24/h5-16,18H,17H2,1-4H3,(H,26,28). The predicted molar refractivity (Wildman–Crippen MR) is 128 cm³/mol. The number of ether oxygens (including phenoxy) is 1. The van der Waals surface area contributed by atoms with Crippen molar-refractivity contribution >= 4 is 27.3 Å². The Bertz CT molecular complexity index is 1190. The number of hydrogen-bond donors (Lipinski definition) is 1. The minimum atomic E-state index is -3.95. The lowest BCUT2D eigenvalue weighted by molar-refractivity contribution is -0.114. The number of amides is 1. The van der Waals surface area contributed by atoms with Crippen LogP contribution in [0.4, 0.5) is 11.4 Å². The first-order valence-electron chi connectivity index (χ1n) is 10.4. The maximum atomic E-state index is 13.4. The number of benzene rings is 3. The van der Waals surface area contributed by atoms with Gasteiger partial charge in [0.25, 0.3) is 10.0 Å². The minimum absolute atomic E-state index is 0.00256. The molecule has 0 heterocycles. The second-order valence-electron chi connectivity index (χ2n) is 7.84. The summed E-state index contributed by atoms with van der Waals surface area (Å²) in [5, 5.41) is 2.78. The van der Waals surface area contributed by atoms with E-state index in [2.05, 4.69) is 5.32 Å². The van der Waals surface area contributed by atoms with Crippen LogP contribution in [0.2, 0.25) is 0 Å². The topological polar surface area (TPSA) is 75.7 Å². The van der Waals surface area contributed by atoms with E-state index in [0.717, 1.165) is 15.4 Å². The maximum Gasteiger partial charge on any atom is 0.264 e. The van der Waals surface area contributed by atoms with Crippen LogP contribution in [-0.2, 0) is 14.8 Å². The van der Waals surface area contributed by atoms with Crippen molar-refractivity contribution < 1.29 is 17.9 Å². The molecular weight excluding hydrogens is 424 g/mol. The summed E-state index contributed by atoms with van der Waals surface area (Å²) >= 11 is 0. The third-order valence-electron chi connectivity index (χ3n) is 4.89. The van der Waals surface area contributed by atoms with Gasteiger partial charge in [-0.1, -0.05) is 30.3 Å². The Labute approximate surface area is 189 Å². The van der Waals surface area contributed by atoms with Crippen LogP contribution >= 0.6 is 0 Å². The molecule has 0 radical (unpaired) electrons. The molecule has 6 nitrogen and oxygen atoms in total. The Hall–Kier alpha value is -3.32. The molecule has 0 atom stereocenters. The number of nitrogens with one attached hydrogen (secondary N) is 1. The first-order chi connectivity index (χ1) is 15.2. The number of hydrogen-bond acceptors (Lipinski definition) is 4. The van der Waals surface area contributed by atoms with Gasteiger partial charge in [-0.3, -0.25) is 9.10 Å². The Balaban J connectivity index is 1.90. The molecular formula is C25H28N2O4S. The van der Waals surface area contributed by atoms with Crippen molar-refractivity contribution in [3.63, 3.8) is 0 Å². The third kappa shape index (κ3) is 5.68. The van der Waals surface area contributed by atoms with Crippen molar-refractivity contribution in [1.29, 1.82) is 0 Å². The first-order valence-corrected chi connectivity index (χ1v) is 11.8. The van der Waals surface area contributed by atoms with Crippen LogP contribution in [0.15, 0.2) is 77.7 Å². The van der Waals surface area contributed by atoms with Crippen LogP contribution in [0.3, 0.4) is 0 Å². The van der Waals surface area contributed by atoms with Crippen LogP contribution in [0.5, 0.6) is 5.75 Å². The van der Waals surface area contributed by atoms with E-state index in [0.29, 0.717) is 17.1 Å². The molecule has 0 saturated heterocycles. The highest BCUT2D eigenvalue weighted by molar-refractivity contribution is 7.92. The summed E-state index contributed by atoms with van der Waals surface area (Å²) in [5.74, 6) is 0.171. The quantitative estimate of drug-likeness (QED) is 0.526. The van der Waals surface area contributed by atoms with Crippen molar-refractivity contribution in [2.45, 2.75) is 38.7 Å². The molecule has 32 heavy (non-hydrogen) atoms. The molecule has 3 aromatic rings. The number of aryl methyl sites for hydroxylation is 2. The highest BCUT2D eigenvalue weighted by Gasteiger charge is 2.27. The van der Waals surface area contributed by atoms with Gasteiger partial charge in [0, 0.05) is 11.8 Å². The molecule has 0 aliphatic rings. The molecule has 0 saturated carbocycles. The average molecular weight is 453 g/mol. The van der Waals surface area contributed by atoms with Crippen molar-refractivity contribution in [1.82, 2.24) is 0 Å². The molecule has 7 heteroatoms. The van der Waals surface area contributed by atoms with Crippen molar-refractivity contribution in [3.8, 4) is 5.75 Å². The van der Waals surface area contributed by atoms with Gasteiger partial charge < -0.3 is 10.1 Å². The number of anilines is 2. The molecule has 1 N–H and O–H groups in total. The summed E-state index contributed by atoms with van der Waals surface area (Å²) in [5.41, 5.74) is 2.95. The molecule has 3 aromatic carbocycles. The Kier molecular flexibility index (Phi) is 7.20. The molecule has 0 aromatic heterocycles. The van der Waals surface area contributed by atoms with Crippen LogP contribution in [0, 0.1) is 13.8 Å². The fourth-order valence-electron chi connectivity index (χ4n) is 3.17. The van der Waals surface area contributed by atoms with Gasteiger partial charge in [0.05, 0.1) is 16.7 Å². The molecule has 1 amide bonds. The third-order valence-corrected chi connectivity index (χ3v) is 6.67.